The monoisotopic (exact) mass is 544 g/mol. The highest BCUT2D eigenvalue weighted by atomic mass is 35.5. The number of carbonyl (C=O) groups excluding carboxylic acids is 1. The second kappa shape index (κ2) is 9.63. The zero-order chi connectivity index (χ0) is 26.4. The third-order valence-corrected chi connectivity index (χ3v) is 7.58. The van der Waals surface area contributed by atoms with Crippen molar-refractivity contribution in [2.75, 3.05) is 12.0 Å². The smallest absolute Gasteiger partial charge is 0.297 e. The van der Waals surface area contributed by atoms with Gasteiger partial charge in [0.2, 0.25) is 5.76 Å². The molecule has 0 saturated heterocycles. The molecule has 1 atom stereocenters. The maximum atomic E-state index is 13.8. The van der Waals surface area contributed by atoms with E-state index >= 15 is 0 Å². The molecule has 1 aliphatic rings. The van der Waals surface area contributed by atoms with Gasteiger partial charge in [-0.2, -0.15) is 0 Å². The number of methoxy groups -OCH3 is 1. The average Bonchev–Trinajstić information content (AvgIpc) is 3.49. The molecule has 0 N–H and O–H groups in total. The van der Waals surface area contributed by atoms with Crippen LogP contribution in [0.4, 0.5) is 5.13 Å². The molecule has 3 aromatic carbocycles. The number of thiazole rings is 1. The maximum absolute atomic E-state index is 13.8. The van der Waals surface area contributed by atoms with E-state index < -0.39 is 11.9 Å². The van der Waals surface area contributed by atoms with E-state index in [9.17, 15) is 9.59 Å². The van der Waals surface area contributed by atoms with Crippen molar-refractivity contribution in [2.24, 2.45) is 0 Å². The first kappa shape index (κ1) is 24.2. The van der Waals surface area contributed by atoms with Crippen LogP contribution in [0.1, 0.15) is 39.0 Å². The number of ether oxygens (including phenoxy) is 2. The van der Waals surface area contributed by atoms with Crippen LogP contribution in [-0.2, 0) is 6.61 Å². The number of halogens is 1. The normalized spacial score (nSPS) is 14.7. The van der Waals surface area contributed by atoms with Gasteiger partial charge in [0.1, 0.15) is 12.2 Å². The largest absolute Gasteiger partial charge is 0.493 e. The fourth-order valence-corrected chi connectivity index (χ4v) is 5.62. The van der Waals surface area contributed by atoms with Gasteiger partial charge < -0.3 is 13.9 Å². The highest BCUT2D eigenvalue weighted by Crippen LogP contribution is 2.44. The molecular weight excluding hydrogens is 524 g/mol. The summed E-state index contributed by atoms with van der Waals surface area (Å²) in [6.45, 7) is 2.21. The number of benzene rings is 3. The zero-order valence-corrected chi connectivity index (χ0v) is 22.0. The summed E-state index contributed by atoms with van der Waals surface area (Å²) in [7, 11) is 1.55. The second-order valence-corrected chi connectivity index (χ2v) is 10.1. The van der Waals surface area contributed by atoms with Crippen molar-refractivity contribution in [2.45, 2.75) is 19.6 Å². The summed E-state index contributed by atoms with van der Waals surface area (Å²) >= 11 is 7.51. The molecule has 5 aromatic rings. The first-order chi connectivity index (χ1) is 18.4. The predicted molar refractivity (Wildman–Crippen MR) is 147 cm³/mol. The van der Waals surface area contributed by atoms with Gasteiger partial charge in [0.25, 0.3) is 5.91 Å². The van der Waals surface area contributed by atoms with Crippen LogP contribution >= 0.6 is 22.9 Å². The highest BCUT2D eigenvalue weighted by molar-refractivity contribution is 7.14. The summed E-state index contributed by atoms with van der Waals surface area (Å²) in [4.78, 5) is 33.6. The van der Waals surface area contributed by atoms with Gasteiger partial charge >= 0.3 is 0 Å². The topological polar surface area (TPSA) is 81.9 Å². The Morgan fingerprint density at radius 1 is 1.05 bits per heavy atom. The van der Waals surface area contributed by atoms with Crippen LogP contribution in [0.2, 0.25) is 5.02 Å². The second-order valence-electron chi connectivity index (χ2n) is 8.85. The molecule has 0 saturated carbocycles. The zero-order valence-electron chi connectivity index (χ0n) is 20.4. The number of rotatable bonds is 6. The fourth-order valence-electron chi connectivity index (χ4n) is 4.62. The number of amides is 1. The van der Waals surface area contributed by atoms with E-state index in [1.165, 1.54) is 16.2 Å². The predicted octanol–water partition coefficient (Wildman–Crippen LogP) is 6.55. The van der Waals surface area contributed by atoms with Crippen molar-refractivity contribution >= 4 is 44.9 Å². The molecule has 38 heavy (non-hydrogen) atoms. The number of nitrogens with zero attached hydrogens (tertiary/aromatic N) is 2. The van der Waals surface area contributed by atoms with Crippen LogP contribution in [0, 0.1) is 6.92 Å². The number of carbonyl (C=O) groups is 1. The van der Waals surface area contributed by atoms with E-state index in [-0.39, 0.29) is 16.8 Å². The molecule has 0 unspecified atom stereocenters. The minimum Gasteiger partial charge on any atom is -0.493 e. The lowest BCUT2D eigenvalue weighted by molar-refractivity contribution is 0.0971. The van der Waals surface area contributed by atoms with Gasteiger partial charge in [0.05, 0.1) is 29.8 Å². The molecule has 0 radical (unpaired) electrons. The molecular formula is C29H21ClN2O5S. The minimum absolute atomic E-state index is 0.00829. The lowest BCUT2D eigenvalue weighted by atomic mass is 9.98. The van der Waals surface area contributed by atoms with Crippen LogP contribution in [0.15, 0.2) is 81.3 Å². The van der Waals surface area contributed by atoms with Crippen LogP contribution in [0.5, 0.6) is 11.5 Å². The first-order valence-electron chi connectivity index (χ1n) is 11.8. The molecule has 3 heterocycles. The van der Waals surface area contributed by atoms with Crippen LogP contribution in [-0.4, -0.2) is 18.0 Å². The van der Waals surface area contributed by atoms with E-state index in [1.807, 2.05) is 48.7 Å². The summed E-state index contributed by atoms with van der Waals surface area (Å²) in [6, 6.07) is 19.2. The molecule has 0 spiro atoms. The van der Waals surface area contributed by atoms with Gasteiger partial charge in [-0.3, -0.25) is 14.5 Å². The third kappa shape index (κ3) is 4.12. The summed E-state index contributed by atoms with van der Waals surface area (Å²) in [5.41, 5.74) is 2.65. The summed E-state index contributed by atoms with van der Waals surface area (Å²) in [5.74, 6) is 0.573. The van der Waals surface area contributed by atoms with Crippen LogP contribution < -0.4 is 19.8 Å². The number of aromatic nitrogens is 1. The molecule has 6 rings (SSSR count). The van der Waals surface area contributed by atoms with Gasteiger partial charge in [0, 0.05) is 10.4 Å². The Balaban J connectivity index is 1.49. The summed E-state index contributed by atoms with van der Waals surface area (Å²) < 4.78 is 17.7. The quantitative estimate of drug-likeness (QED) is 0.241. The Labute approximate surface area is 226 Å². The fraction of sp³-hybridized carbons (Fsp3) is 0.138. The number of fused-ring (bicyclic) bond motifs is 2. The van der Waals surface area contributed by atoms with Crippen molar-refractivity contribution < 1.29 is 18.7 Å². The maximum Gasteiger partial charge on any atom is 0.297 e. The molecule has 1 amide bonds. The average molecular weight is 545 g/mol. The number of anilines is 1. The Kier molecular flexibility index (Phi) is 6.13. The van der Waals surface area contributed by atoms with Gasteiger partial charge in [0.15, 0.2) is 22.1 Å². The van der Waals surface area contributed by atoms with Crippen molar-refractivity contribution in [3.63, 3.8) is 0 Å². The van der Waals surface area contributed by atoms with Gasteiger partial charge in [-0.1, -0.05) is 48.0 Å². The number of aryl methyl sites for hydroxylation is 1. The lowest BCUT2D eigenvalue weighted by Crippen LogP contribution is -2.29. The minimum atomic E-state index is -0.778. The Morgan fingerprint density at radius 3 is 2.61 bits per heavy atom. The standard InChI is InChI=1S/C29H21ClN2O5S/c1-16-15-38-29(31-16)32-25(24-26(33)20-13-19(30)9-11-21(20)37-27(24)28(32)34)18-8-10-22(23(12-18)35-2)36-14-17-6-4-3-5-7-17/h3-13,15,25H,14H2,1-2H3/t25-/m0/s1. The van der Waals surface area contributed by atoms with E-state index in [2.05, 4.69) is 4.98 Å². The van der Waals surface area contributed by atoms with E-state index in [0.717, 1.165) is 11.3 Å². The third-order valence-electron chi connectivity index (χ3n) is 6.39. The molecule has 1 aliphatic heterocycles. The van der Waals surface area contributed by atoms with Gasteiger partial charge in [-0.15, -0.1) is 11.3 Å². The SMILES string of the molecule is COc1cc([C@H]2c3c(oc4ccc(Cl)cc4c3=O)C(=O)N2c2nc(C)cs2)ccc1OCc1ccccc1. The van der Waals surface area contributed by atoms with E-state index in [4.69, 9.17) is 25.5 Å². The van der Waals surface area contributed by atoms with Gasteiger partial charge in [-0.05, 0) is 48.4 Å². The lowest BCUT2D eigenvalue weighted by Gasteiger charge is -2.23. The molecule has 0 aliphatic carbocycles. The molecule has 7 nitrogen and oxygen atoms in total. The number of hydrogen-bond acceptors (Lipinski definition) is 7. The van der Waals surface area contributed by atoms with Crippen LogP contribution in [0.3, 0.4) is 0 Å². The Hall–Kier alpha value is -4.14. The number of hydrogen-bond donors (Lipinski definition) is 0. The first-order valence-corrected chi connectivity index (χ1v) is 13.1. The Morgan fingerprint density at radius 2 is 1.87 bits per heavy atom. The molecule has 190 valence electrons. The molecule has 0 fully saturated rings. The van der Waals surface area contributed by atoms with Crippen molar-refractivity contribution in [3.05, 3.63) is 116 Å². The van der Waals surface area contributed by atoms with Gasteiger partial charge in [-0.25, -0.2) is 4.98 Å². The molecule has 0 bridgehead atoms. The van der Waals surface area contributed by atoms with Crippen molar-refractivity contribution in [1.29, 1.82) is 0 Å². The van der Waals surface area contributed by atoms with Crippen molar-refractivity contribution in [1.82, 2.24) is 4.98 Å². The Bertz CT molecular complexity index is 1750. The molecule has 9 heteroatoms. The highest BCUT2D eigenvalue weighted by Gasteiger charge is 2.45. The van der Waals surface area contributed by atoms with E-state index in [0.29, 0.717) is 44.8 Å². The van der Waals surface area contributed by atoms with Crippen LogP contribution in [0.25, 0.3) is 11.0 Å². The van der Waals surface area contributed by atoms with E-state index in [1.54, 1.807) is 37.4 Å². The summed E-state index contributed by atoms with van der Waals surface area (Å²) in [5, 5.41) is 3.03. The summed E-state index contributed by atoms with van der Waals surface area (Å²) in [6.07, 6.45) is 0. The molecule has 2 aromatic heterocycles. The van der Waals surface area contributed by atoms with Crippen molar-refractivity contribution in [3.8, 4) is 11.5 Å².